The molecule has 1 N–H and O–H groups in total. The number of Topliss-reactive ketones (excluding diaryl/α,β-unsaturated/α-hetero) is 1. The normalized spacial score (nSPS) is 15.1. The molecule has 0 aliphatic heterocycles. The Morgan fingerprint density at radius 1 is 1.18 bits per heavy atom. The summed E-state index contributed by atoms with van der Waals surface area (Å²) in [4.78, 5) is 23.9. The van der Waals surface area contributed by atoms with Gasteiger partial charge in [0.25, 0.3) is 0 Å². The van der Waals surface area contributed by atoms with Crippen molar-refractivity contribution in [1.82, 2.24) is 5.32 Å². The summed E-state index contributed by atoms with van der Waals surface area (Å²) in [5.41, 5.74) is 0.474. The second-order valence-electron chi connectivity index (χ2n) is 5.37. The van der Waals surface area contributed by atoms with Gasteiger partial charge in [-0.2, -0.15) is 0 Å². The highest BCUT2D eigenvalue weighted by Crippen LogP contribution is 2.20. The summed E-state index contributed by atoms with van der Waals surface area (Å²) in [5.74, 6) is 0.349. The van der Waals surface area contributed by atoms with E-state index in [9.17, 15) is 9.59 Å². The van der Waals surface area contributed by atoms with E-state index >= 15 is 0 Å². The van der Waals surface area contributed by atoms with Crippen LogP contribution in [-0.4, -0.2) is 31.1 Å². The van der Waals surface area contributed by atoms with Crippen LogP contribution in [0.25, 0.3) is 0 Å². The second-order valence-corrected chi connectivity index (χ2v) is 5.37. The Labute approximate surface area is 131 Å². The summed E-state index contributed by atoms with van der Waals surface area (Å²) < 4.78 is 10.7. The summed E-state index contributed by atoms with van der Waals surface area (Å²) in [7, 11) is 0. The topological polar surface area (TPSA) is 64.6 Å². The average molecular weight is 305 g/mol. The molecule has 0 spiro atoms. The Hall–Kier alpha value is -2.04. The number of hydrogen-bond donors (Lipinski definition) is 1. The smallest absolute Gasteiger partial charge is 0.407 e. The zero-order valence-electron chi connectivity index (χ0n) is 13.0. The summed E-state index contributed by atoms with van der Waals surface area (Å²) in [5, 5.41) is 2.53. The maximum Gasteiger partial charge on any atom is 0.407 e. The highest BCUT2D eigenvalue weighted by molar-refractivity contribution is 6.01. The highest BCUT2D eigenvalue weighted by Gasteiger charge is 2.19. The van der Waals surface area contributed by atoms with E-state index in [2.05, 4.69) is 5.32 Å². The van der Waals surface area contributed by atoms with Crippen molar-refractivity contribution in [2.75, 3.05) is 13.2 Å². The lowest BCUT2D eigenvalue weighted by molar-refractivity contribution is 0.0734. The molecular formula is C17H23NO4. The van der Waals surface area contributed by atoms with Crippen molar-refractivity contribution in [2.45, 2.75) is 45.1 Å². The van der Waals surface area contributed by atoms with E-state index in [1.54, 1.807) is 18.2 Å². The standard InChI is InChI=1S/C17H23NO4/c1-2-21-16-11-7-6-10-14(16)15(19)12-18-17(20)22-13-8-4-3-5-9-13/h6-7,10-11,13H,2-5,8-9,12H2,1H3,(H,18,20). The Kier molecular flexibility index (Phi) is 6.25. The molecule has 0 heterocycles. The SMILES string of the molecule is CCOc1ccccc1C(=O)CNC(=O)OC1CCCCC1. The fourth-order valence-electron chi connectivity index (χ4n) is 2.60. The molecule has 1 aromatic carbocycles. The van der Waals surface area contributed by atoms with Gasteiger partial charge < -0.3 is 14.8 Å². The fourth-order valence-corrected chi connectivity index (χ4v) is 2.60. The molecule has 0 aromatic heterocycles. The lowest BCUT2D eigenvalue weighted by atomic mass is 9.98. The maximum absolute atomic E-state index is 12.2. The molecule has 0 atom stereocenters. The largest absolute Gasteiger partial charge is 0.493 e. The summed E-state index contributed by atoms with van der Waals surface area (Å²) in [6, 6.07) is 7.03. The number of ketones is 1. The van der Waals surface area contributed by atoms with Crippen molar-refractivity contribution < 1.29 is 19.1 Å². The molecule has 0 unspecified atom stereocenters. The number of para-hydroxylation sites is 1. The molecule has 22 heavy (non-hydrogen) atoms. The van der Waals surface area contributed by atoms with Crippen LogP contribution in [0.4, 0.5) is 4.79 Å². The first-order chi connectivity index (χ1) is 10.7. The Bertz CT molecular complexity index is 509. The van der Waals surface area contributed by atoms with Crippen LogP contribution in [0.3, 0.4) is 0 Å². The van der Waals surface area contributed by atoms with Crippen LogP contribution in [0.5, 0.6) is 5.75 Å². The quantitative estimate of drug-likeness (QED) is 0.819. The van der Waals surface area contributed by atoms with Crippen LogP contribution in [0.1, 0.15) is 49.4 Å². The number of ether oxygens (including phenoxy) is 2. The molecule has 0 saturated heterocycles. The molecule has 5 nitrogen and oxygen atoms in total. The van der Waals surface area contributed by atoms with E-state index in [0.29, 0.717) is 17.9 Å². The van der Waals surface area contributed by atoms with Crippen LogP contribution in [0, 0.1) is 0 Å². The van der Waals surface area contributed by atoms with Gasteiger partial charge in [0.2, 0.25) is 0 Å². The Morgan fingerprint density at radius 3 is 2.64 bits per heavy atom. The molecule has 1 aromatic rings. The van der Waals surface area contributed by atoms with Gasteiger partial charge in [-0.15, -0.1) is 0 Å². The minimum atomic E-state index is -0.519. The van der Waals surface area contributed by atoms with E-state index in [1.165, 1.54) is 6.42 Å². The van der Waals surface area contributed by atoms with E-state index in [-0.39, 0.29) is 18.4 Å². The summed E-state index contributed by atoms with van der Waals surface area (Å²) >= 11 is 0. The third-order valence-electron chi connectivity index (χ3n) is 3.71. The van der Waals surface area contributed by atoms with Gasteiger partial charge in [-0.25, -0.2) is 4.79 Å². The predicted octanol–water partition coefficient (Wildman–Crippen LogP) is 3.33. The van der Waals surface area contributed by atoms with Gasteiger partial charge in [-0.1, -0.05) is 18.6 Å². The molecule has 1 aliphatic rings. The number of hydrogen-bond acceptors (Lipinski definition) is 4. The van der Waals surface area contributed by atoms with Gasteiger partial charge in [0, 0.05) is 0 Å². The molecular weight excluding hydrogens is 282 g/mol. The van der Waals surface area contributed by atoms with Gasteiger partial charge in [0.15, 0.2) is 5.78 Å². The second kappa shape index (κ2) is 8.41. The van der Waals surface area contributed by atoms with Crippen LogP contribution < -0.4 is 10.1 Å². The fraction of sp³-hybridized carbons (Fsp3) is 0.529. The number of benzene rings is 1. The third-order valence-corrected chi connectivity index (χ3v) is 3.71. The van der Waals surface area contributed by atoms with E-state index in [1.807, 2.05) is 13.0 Å². The molecule has 5 heteroatoms. The zero-order valence-corrected chi connectivity index (χ0v) is 13.0. The van der Waals surface area contributed by atoms with Crippen LogP contribution in [-0.2, 0) is 4.74 Å². The molecule has 120 valence electrons. The monoisotopic (exact) mass is 305 g/mol. The maximum atomic E-state index is 12.2. The summed E-state index contributed by atoms with van der Waals surface area (Å²) in [6.45, 7) is 2.26. The minimum Gasteiger partial charge on any atom is -0.493 e. The van der Waals surface area contributed by atoms with Gasteiger partial charge in [-0.05, 0) is 44.7 Å². The first kappa shape index (κ1) is 16.3. The Morgan fingerprint density at radius 2 is 1.91 bits per heavy atom. The van der Waals surface area contributed by atoms with Gasteiger partial charge in [-0.3, -0.25) is 4.79 Å². The number of alkyl carbamates (subject to hydrolysis) is 1. The highest BCUT2D eigenvalue weighted by atomic mass is 16.6. The van der Waals surface area contributed by atoms with Crippen LogP contribution in [0.15, 0.2) is 24.3 Å². The van der Waals surface area contributed by atoms with Gasteiger partial charge in [0.05, 0.1) is 18.7 Å². The number of nitrogens with one attached hydrogen (secondary N) is 1. The molecule has 2 rings (SSSR count). The molecule has 1 fully saturated rings. The van der Waals surface area contributed by atoms with E-state index in [4.69, 9.17) is 9.47 Å². The zero-order chi connectivity index (χ0) is 15.8. The lowest BCUT2D eigenvalue weighted by Crippen LogP contribution is -2.33. The van der Waals surface area contributed by atoms with Gasteiger partial charge >= 0.3 is 6.09 Å². The Balaban J connectivity index is 1.83. The minimum absolute atomic E-state index is 0.0143. The van der Waals surface area contributed by atoms with Crippen molar-refractivity contribution in [3.63, 3.8) is 0 Å². The number of rotatable bonds is 6. The first-order valence-corrected chi connectivity index (χ1v) is 7.90. The number of carbonyl (C=O) groups excluding carboxylic acids is 2. The predicted molar refractivity (Wildman–Crippen MR) is 83.3 cm³/mol. The number of amides is 1. The van der Waals surface area contributed by atoms with Crippen molar-refractivity contribution in [3.05, 3.63) is 29.8 Å². The van der Waals surface area contributed by atoms with Crippen molar-refractivity contribution in [2.24, 2.45) is 0 Å². The van der Waals surface area contributed by atoms with E-state index < -0.39 is 6.09 Å². The van der Waals surface area contributed by atoms with E-state index in [0.717, 1.165) is 25.7 Å². The molecule has 0 bridgehead atoms. The average Bonchev–Trinajstić information content (AvgIpc) is 2.54. The lowest BCUT2D eigenvalue weighted by Gasteiger charge is -2.21. The van der Waals surface area contributed by atoms with Crippen LogP contribution >= 0.6 is 0 Å². The van der Waals surface area contributed by atoms with Gasteiger partial charge in [0.1, 0.15) is 11.9 Å². The van der Waals surface area contributed by atoms with Crippen molar-refractivity contribution in [3.8, 4) is 5.75 Å². The first-order valence-electron chi connectivity index (χ1n) is 7.90. The van der Waals surface area contributed by atoms with Crippen LogP contribution in [0.2, 0.25) is 0 Å². The molecule has 1 aliphatic carbocycles. The molecule has 0 radical (unpaired) electrons. The molecule has 1 saturated carbocycles. The molecule has 1 amide bonds. The number of carbonyl (C=O) groups is 2. The third kappa shape index (κ3) is 4.76. The van der Waals surface area contributed by atoms with Crippen molar-refractivity contribution in [1.29, 1.82) is 0 Å². The summed E-state index contributed by atoms with van der Waals surface area (Å²) in [6.07, 6.45) is 4.68. The van der Waals surface area contributed by atoms with Crippen molar-refractivity contribution >= 4 is 11.9 Å².